The van der Waals surface area contributed by atoms with E-state index in [9.17, 15) is 14.4 Å². The molecular formula is C23H19N5O3S. The van der Waals surface area contributed by atoms with Crippen molar-refractivity contribution in [1.82, 2.24) is 15.0 Å². The van der Waals surface area contributed by atoms with Gasteiger partial charge in [0, 0.05) is 22.2 Å². The smallest absolute Gasteiger partial charge is 0.255 e. The SMILES string of the molecule is O=C(Nc1ccc(-c2csnn2)cc1)c1cccc(N2NC(=O)C3CC=CCC3C2=O)c1. The highest BCUT2D eigenvalue weighted by Crippen LogP contribution is 2.32. The number of hydrogen-bond acceptors (Lipinski definition) is 6. The van der Waals surface area contributed by atoms with Gasteiger partial charge in [0.15, 0.2) is 0 Å². The molecule has 0 bridgehead atoms. The molecule has 0 radical (unpaired) electrons. The van der Waals surface area contributed by atoms with Gasteiger partial charge in [-0.05, 0) is 54.7 Å². The molecule has 1 saturated heterocycles. The van der Waals surface area contributed by atoms with Crippen molar-refractivity contribution < 1.29 is 14.4 Å². The molecule has 1 aliphatic carbocycles. The van der Waals surface area contributed by atoms with Crippen molar-refractivity contribution in [3.05, 3.63) is 71.6 Å². The molecule has 2 aromatic carbocycles. The van der Waals surface area contributed by atoms with Gasteiger partial charge in [-0.25, -0.2) is 5.01 Å². The fourth-order valence-electron chi connectivity index (χ4n) is 3.99. The third-order valence-electron chi connectivity index (χ3n) is 5.69. The summed E-state index contributed by atoms with van der Waals surface area (Å²) in [4.78, 5) is 38.3. The van der Waals surface area contributed by atoms with Crippen LogP contribution in [0.25, 0.3) is 11.3 Å². The fraction of sp³-hybridized carbons (Fsp3) is 0.174. The van der Waals surface area contributed by atoms with E-state index in [2.05, 4.69) is 20.3 Å². The Bertz CT molecular complexity index is 1210. The lowest BCUT2D eigenvalue weighted by Gasteiger charge is -2.38. The summed E-state index contributed by atoms with van der Waals surface area (Å²) in [7, 11) is 0. The van der Waals surface area contributed by atoms with Crippen LogP contribution in [0.5, 0.6) is 0 Å². The van der Waals surface area contributed by atoms with E-state index in [4.69, 9.17) is 0 Å². The molecule has 2 unspecified atom stereocenters. The molecule has 8 nitrogen and oxygen atoms in total. The molecule has 1 fully saturated rings. The zero-order valence-corrected chi connectivity index (χ0v) is 17.7. The van der Waals surface area contributed by atoms with Crippen molar-refractivity contribution >= 4 is 40.6 Å². The van der Waals surface area contributed by atoms with Crippen LogP contribution in [0.1, 0.15) is 23.2 Å². The Morgan fingerprint density at radius 1 is 1.06 bits per heavy atom. The van der Waals surface area contributed by atoms with Crippen molar-refractivity contribution in [2.24, 2.45) is 11.8 Å². The van der Waals surface area contributed by atoms with Crippen LogP contribution in [-0.2, 0) is 9.59 Å². The summed E-state index contributed by atoms with van der Waals surface area (Å²) in [5.74, 6) is -1.37. The summed E-state index contributed by atoms with van der Waals surface area (Å²) in [6.45, 7) is 0. The third kappa shape index (κ3) is 3.78. The number of aromatic nitrogens is 2. The fourth-order valence-corrected chi connectivity index (χ4v) is 4.45. The zero-order valence-electron chi connectivity index (χ0n) is 16.9. The Hall–Kier alpha value is -3.85. The number of nitrogens with one attached hydrogen (secondary N) is 2. The van der Waals surface area contributed by atoms with Crippen LogP contribution in [0.2, 0.25) is 0 Å². The minimum Gasteiger partial charge on any atom is -0.322 e. The maximum atomic E-state index is 13.0. The Morgan fingerprint density at radius 3 is 2.59 bits per heavy atom. The molecular weight excluding hydrogens is 426 g/mol. The number of amides is 3. The first-order valence-corrected chi connectivity index (χ1v) is 11.0. The van der Waals surface area contributed by atoms with E-state index < -0.39 is 0 Å². The minimum atomic E-state index is -0.377. The highest BCUT2D eigenvalue weighted by molar-refractivity contribution is 7.03. The van der Waals surface area contributed by atoms with Crippen LogP contribution < -0.4 is 15.8 Å². The Balaban J connectivity index is 1.32. The number of fused-ring (bicyclic) bond motifs is 1. The van der Waals surface area contributed by atoms with Crippen molar-refractivity contribution in [2.45, 2.75) is 12.8 Å². The molecule has 32 heavy (non-hydrogen) atoms. The Kier molecular flexibility index (Phi) is 5.24. The van der Waals surface area contributed by atoms with Crippen molar-refractivity contribution in [1.29, 1.82) is 0 Å². The number of nitrogens with zero attached hydrogens (tertiary/aromatic N) is 3. The summed E-state index contributed by atoms with van der Waals surface area (Å²) in [6, 6.07) is 14.0. The van der Waals surface area contributed by atoms with E-state index in [1.807, 2.05) is 29.7 Å². The first kappa shape index (κ1) is 20.1. The van der Waals surface area contributed by atoms with Crippen molar-refractivity contribution in [3.63, 3.8) is 0 Å². The van der Waals surface area contributed by atoms with E-state index in [0.717, 1.165) is 11.3 Å². The summed E-state index contributed by atoms with van der Waals surface area (Å²) >= 11 is 1.28. The number of carbonyl (C=O) groups excluding carboxylic acids is 3. The summed E-state index contributed by atoms with van der Waals surface area (Å²) in [6.07, 6.45) is 4.99. The lowest BCUT2D eigenvalue weighted by Crippen LogP contribution is -2.59. The van der Waals surface area contributed by atoms with Crippen LogP contribution in [0, 0.1) is 11.8 Å². The largest absolute Gasteiger partial charge is 0.322 e. The van der Waals surface area contributed by atoms with Gasteiger partial charge in [0.05, 0.1) is 17.5 Å². The lowest BCUT2D eigenvalue weighted by molar-refractivity contribution is -0.139. The zero-order chi connectivity index (χ0) is 22.1. The molecule has 160 valence electrons. The molecule has 2 aliphatic rings. The molecule has 1 aliphatic heterocycles. The Morgan fingerprint density at radius 2 is 1.84 bits per heavy atom. The predicted octanol–water partition coefficient (Wildman–Crippen LogP) is 3.42. The maximum Gasteiger partial charge on any atom is 0.255 e. The quantitative estimate of drug-likeness (QED) is 0.599. The predicted molar refractivity (Wildman–Crippen MR) is 121 cm³/mol. The summed E-state index contributed by atoms with van der Waals surface area (Å²) in [5.41, 5.74) is 5.84. The molecule has 3 amide bonds. The van der Waals surface area contributed by atoms with Gasteiger partial charge in [0.2, 0.25) is 11.8 Å². The number of anilines is 2. The average Bonchev–Trinajstić information content (AvgIpc) is 3.37. The molecule has 1 aromatic heterocycles. The minimum absolute atomic E-state index is 0.163. The number of rotatable bonds is 4. The lowest BCUT2D eigenvalue weighted by atomic mass is 9.80. The second-order valence-corrected chi connectivity index (χ2v) is 8.29. The van der Waals surface area contributed by atoms with Crippen LogP contribution in [-0.4, -0.2) is 27.3 Å². The van der Waals surface area contributed by atoms with Crippen molar-refractivity contribution in [3.8, 4) is 11.3 Å². The first-order valence-electron chi connectivity index (χ1n) is 10.2. The third-order valence-corrected chi connectivity index (χ3v) is 6.20. The molecule has 2 atom stereocenters. The number of benzene rings is 2. The van der Waals surface area contributed by atoms with Crippen LogP contribution in [0.3, 0.4) is 0 Å². The normalized spacial score (nSPS) is 19.9. The van der Waals surface area contributed by atoms with Gasteiger partial charge in [-0.15, -0.1) is 5.10 Å². The number of carbonyl (C=O) groups is 3. The molecule has 0 spiro atoms. The highest BCUT2D eigenvalue weighted by atomic mass is 32.1. The highest BCUT2D eigenvalue weighted by Gasteiger charge is 2.42. The second kappa shape index (κ2) is 8.35. The van der Waals surface area contributed by atoms with Crippen LogP contribution in [0.4, 0.5) is 11.4 Å². The second-order valence-electron chi connectivity index (χ2n) is 7.68. The van der Waals surface area contributed by atoms with Gasteiger partial charge < -0.3 is 5.32 Å². The molecule has 0 saturated carbocycles. The van der Waals surface area contributed by atoms with E-state index in [1.54, 1.807) is 36.4 Å². The van der Waals surface area contributed by atoms with E-state index >= 15 is 0 Å². The number of hydrogen-bond donors (Lipinski definition) is 2. The van der Waals surface area contributed by atoms with Gasteiger partial charge in [-0.2, -0.15) is 0 Å². The van der Waals surface area contributed by atoms with E-state index in [1.165, 1.54) is 16.5 Å². The van der Waals surface area contributed by atoms with Gasteiger partial charge >= 0.3 is 0 Å². The van der Waals surface area contributed by atoms with Gasteiger partial charge in [0.1, 0.15) is 5.69 Å². The molecule has 9 heteroatoms. The van der Waals surface area contributed by atoms with Gasteiger partial charge in [0.25, 0.3) is 5.91 Å². The Labute approximate surface area is 188 Å². The van der Waals surface area contributed by atoms with Gasteiger partial charge in [-0.3, -0.25) is 19.8 Å². The monoisotopic (exact) mass is 445 g/mol. The van der Waals surface area contributed by atoms with E-state index in [-0.39, 0.29) is 29.6 Å². The van der Waals surface area contributed by atoms with E-state index in [0.29, 0.717) is 29.8 Å². The summed E-state index contributed by atoms with van der Waals surface area (Å²) in [5, 5.41) is 10.00. The van der Waals surface area contributed by atoms with Gasteiger partial charge in [-0.1, -0.05) is 34.8 Å². The molecule has 2 N–H and O–H groups in total. The average molecular weight is 446 g/mol. The maximum absolute atomic E-state index is 13.0. The van der Waals surface area contributed by atoms with Crippen LogP contribution >= 0.6 is 11.5 Å². The molecule has 5 rings (SSSR count). The molecule has 3 aromatic rings. The summed E-state index contributed by atoms with van der Waals surface area (Å²) < 4.78 is 3.85. The number of allylic oxidation sites excluding steroid dienone is 2. The van der Waals surface area contributed by atoms with Crippen molar-refractivity contribution in [2.75, 3.05) is 10.3 Å². The number of hydrazine groups is 1. The standard InChI is InChI=1S/C23H19N5O3S/c29-21(24-16-10-8-14(9-11-16)20-13-32-27-25-20)15-4-3-5-17(12-15)28-23(31)19-7-2-1-6-18(19)22(30)26-28/h1-5,8-13,18-19H,6-7H2,(H,24,29)(H,26,30). The molecule has 2 heterocycles. The first-order chi connectivity index (χ1) is 15.6. The van der Waals surface area contributed by atoms with Crippen LogP contribution in [0.15, 0.2) is 66.1 Å². The topological polar surface area (TPSA) is 104 Å².